The molecule has 6 nitrogen and oxygen atoms in total. The van der Waals surface area contributed by atoms with E-state index in [2.05, 4.69) is 25.9 Å². The number of fused-ring (bicyclic) bond motifs is 3. The first-order chi connectivity index (χ1) is 13.6. The number of benzene rings is 2. The van der Waals surface area contributed by atoms with Crippen LogP contribution in [-0.2, 0) is 9.59 Å². The van der Waals surface area contributed by atoms with Crippen molar-refractivity contribution in [2.75, 3.05) is 25.1 Å². The van der Waals surface area contributed by atoms with Gasteiger partial charge in [0, 0.05) is 17.6 Å². The number of carbonyl (C=O) groups excluding carboxylic acids is 2. The van der Waals surface area contributed by atoms with Crippen molar-refractivity contribution >= 4 is 33.4 Å². The summed E-state index contributed by atoms with van der Waals surface area (Å²) in [7, 11) is 1.64. The molecule has 5 rings (SSSR count). The summed E-state index contributed by atoms with van der Waals surface area (Å²) < 4.78 is 6.02. The largest absolute Gasteiger partial charge is 0.497 e. The van der Waals surface area contributed by atoms with E-state index in [0.29, 0.717) is 5.69 Å². The monoisotopic (exact) mass is 441 g/mol. The summed E-state index contributed by atoms with van der Waals surface area (Å²) in [4.78, 5) is 28.2. The Morgan fingerprint density at radius 2 is 1.61 bits per heavy atom. The first kappa shape index (κ1) is 17.8. The molecule has 2 aromatic carbocycles. The standard InChI is InChI=1S/C21H20BrN3O3/c1-28-14-9-7-13(8-10-14)18-17-19(24-12-4-11-23(18)24)21(27)25(20(17)26)16-6-3-2-5-15(16)22/h2-3,5-10,17-19H,4,11-12H2,1H3/t17-,18+,19+/m1/s1. The Morgan fingerprint density at radius 3 is 2.29 bits per heavy atom. The molecule has 3 saturated heterocycles. The van der Waals surface area contributed by atoms with Gasteiger partial charge in [-0.05, 0) is 52.2 Å². The highest BCUT2D eigenvalue weighted by atomic mass is 79.9. The molecule has 0 N–H and O–H groups in total. The molecule has 0 aliphatic carbocycles. The van der Waals surface area contributed by atoms with Gasteiger partial charge in [0.2, 0.25) is 5.91 Å². The summed E-state index contributed by atoms with van der Waals surface area (Å²) in [6.07, 6.45) is 0.992. The highest BCUT2D eigenvalue weighted by Crippen LogP contribution is 2.49. The maximum atomic E-state index is 13.5. The van der Waals surface area contributed by atoms with E-state index in [1.807, 2.05) is 48.5 Å². The quantitative estimate of drug-likeness (QED) is 0.685. The number of imide groups is 1. The molecule has 0 radical (unpaired) electrons. The van der Waals surface area contributed by atoms with E-state index in [1.54, 1.807) is 7.11 Å². The number of ether oxygens (including phenoxy) is 1. The highest BCUT2D eigenvalue weighted by Gasteiger charge is 2.62. The van der Waals surface area contributed by atoms with Crippen LogP contribution >= 0.6 is 15.9 Å². The summed E-state index contributed by atoms with van der Waals surface area (Å²) in [6, 6.07) is 14.6. The molecule has 0 unspecified atom stereocenters. The first-order valence-electron chi connectivity index (χ1n) is 9.41. The van der Waals surface area contributed by atoms with Gasteiger partial charge in [0.1, 0.15) is 11.8 Å². The van der Waals surface area contributed by atoms with Crippen molar-refractivity contribution in [3.05, 3.63) is 58.6 Å². The molecule has 7 heteroatoms. The molecule has 0 spiro atoms. The van der Waals surface area contributed by atoms with Crippen molar-refractivity contribution in [2.45, 2.75) is 18.5 Å². The Morgan fingerprint density at radius 1 is 0.929 bits per heavy atom. The number of methoxy groups -OCH3 is 1. The van der Waals surface area contributed by atoms with Crippen LogP contribution in [0, 0.1) is 5.92 Å². The van der Waals surface area contributed by atoms with Crippen molar-refractivity contribution in [2.24, 2.45) is 5.92 Å². The van der Waals surface area contributed by atoms with Crippen LogP contribution in [-0.4, -0.2) is 48.1 Å². The topological polar surface area (TPSA) is 53.1 Å². The normalized spacial score (nSPS) is 27.4. The molecular formula is C21H20BrN3O3. The third kappa shape index (κ3) is 2.46. The molecule has 0 aromatic heterocycles. The number of nitrogens with zero attached hydrogens (tertiary/aromatic N) is 3. The van der Waals surface area contributed by atoms with Crippen molar-refractivity contribution in [1.82, 2.24) is 10.0 Å². The molecule has 0 saturated carbocycles. The number of hydrogen-bond acceptors (Lipinski definition) is 5. The number of anilines is 1. The van der Waals surface area contributed by atoms with Gasteiger partial charge >= 0.3 is 0 Å². The second-order valence-corrected chi connectivity index (χ2v) is 8.19. The molecule has 3 atom stereocenters. The fourth-order valence-electron chi connectivity index (χ4n) is 4.78. The van der Waals surface area contributed by atoms with Gasteiger partial charge in [-0.15, -0.1) is 0 Å². The molecule has 28 heavy (non-hydrogen) atoms. The third-order valence-corrected chi connectivity index (χ3v) is 6.63. The average Bonchev–Trinajstić information content (AvgIpc) is 3.35. The fraction of sp³-hybridized carbons (Fsp3) is 0.333. The molecule has 3 fully saturated rings. The first-order valence-corrected chi connectivity index (χ1v) is 10.2. The molecule has 144 valence electrons. The second-order valence-electron chi connectivity index (χ2n) is 7.33. The minimum Gasteiger partial charge on any atom is -0.497 e. The molecule has 2 aromatic rings. The zero-order valence-corrected chi connectivity index (χ0v) is 17.0. The molecular weight excluding hydrogens is 422 g/mol. The maximum Gasteiger partial charge on any atom is 0.253 e. The SMILES string of the molecule is COc1ccc([C@H]2[C@H]3C(=O)N(c4ccccc4Br)C(=O)[C@H]3N3CCCN23)cc1. The summed E-state index contributed by atoms with van der Waals surface area (Å²) >= 11 is 3.49. The van der Waals surface area contributed by atoms with E-state index in [1.165, 1.54) is 4.90 Å². The van der Waals surface area contributed by atoms with Crippen molar-refractivity contribution in [3.63, 3.8) is 0 Å². The average molecular weight is 442 g/mol. The van der Waals surface area contributed by atoms with E-state index in [0.717, 1.165) is 35.3 Å². The number of hydrogen-bond donors (Lipinski definition) is 0. The van der Waals surface area contributed by atoms with Gasteiger partial charge in [-0.2, -0.15) is 0 Å². The van der Waals surface area contributed by atoms with Crippen LogP contribution in [0.15, 0.2) is 53.0 Å². The fourth-order valence-corrected chi connectivity index (χ4v) is 5.25. The Hall–Kier alpha value is -2.22. The van der Waals surface area contributed by atoms with Gasteiger partial charge in [-0.25, -0.2) is 14.9 Å². The summed E-state index contributed by atoms with van der Waals surface area (Å²) in [6.45, 7) is 1.66. The molecule has 3 heterocycles. The van der Waals surface area contributed by atoms with Gasteiger partial charge in [0.25, 0.3) is 5.91 Å². The van der Waals surface area contributed by atoms with Crippen LogP contribution in [0.3, 0.4) is 0 Å². The number of carbonyl (C=O) groups is 2. The van der Waals surface area contributed by atoms with E-state index in [-0.39, 0.29) is 17.9 Å². The van der Waals surface area contributed by atoms with E-state index < -0.39 is 12.0 Å². The number of hydrazine groups is 1. The van der Waals surface area contributed by atoms with Gasteiger partial charge in [-0.1, -0.05) is 24.3 Å². The molecule has 2 amide bonds. The zero-order chi connectivity index (χ0) is 19.4. The number of para-hydroxylation sites is 1. The van der Waals surface area contributed by atoms with Gasteiger partial charge in [0.15, 0.2) is 0 Å². The van der Waals surface area contributed by atoms with Crippen LogP contribution in [0.2, 0.25) is 0 Å². The number of rotatable bonds is 3. The summed E-state index contributed by atoms with van der Waals surface area (Å²) in [5.74, 6) is 0.107. The predicted octanol–water partition coefficient (Wildman–Crippen LogP) is 2.99. The third-order valence-electron chi connectivity index (χ3n) is 5.96. The second kappa shape index (κ2) is 6.69. The Bertz CT molecular complexity index is 948. The lowest BCUT2D eigenvalue weighted by molar-refractivity contribution is -0.126. The van der Waals surface area contributed by atoms with Crippen LogP contribution in [0.4, 0.5) is 5.69 Å². The van der Waals surface area contributed by atoms with E-state index in [9.17, 15) is 9.59 Å². The van der Waals surface area contributed by atoms with E-state index >= 15 is 0 Å². The van der Waals surface area contributed by atoms with Gasteiger partial charge in [-0.3, -0.25) is 9.59 Å². The van der Waals surface area contributed by atoms with Crippen molar-refractivity contribution < 1.29 is 14.3 Å². The molecule has 3 aliphatic heterocycles. The lowest BCUT2D eigenvalue weighted by Crippen LogP contribution is -2.44. The van der Waals surface area contributed by atoms with Crippen LogP contribution in [0.25, 0.3) is 0 Å². The van der Waals surface area contributed by atoms with Crippen LogP contribution in [0.1, 0.15) is 18.0 Å². The van der Waals surface area contributed by atoms with Crippen molar-refractivity contribution in [1.29, 1.82) is 0 Å². The highest BCUT2D eigenvalue weighted by molar-refractivity contribution is 9.10. The number of amides is 2. The van der Waals surface area contributed by atoms with Crippen LogP contribution in [0.5, 0.6) is 5.75 Å². The Kier molecular flexibility index (Phi) is 4.26. The maximum absolute atomic E-state index is 13.5. The Labute approximate surface area is 171 Å². The summed E-state index contributed by atoms with van der Waals surface area (Å²) in [5, 5.41) is 4.32. The smallest absolute Gasteiger partial charge is 0.253 e. The lowest BCUT2D eigenvalue weighted by atomic mass is 9.90. The van der Waals surface area contributed by atoms with Crippen molar-refractivity contribution in [3.8, 4) is 5.75 Å². The minimum absolute atomic E-state index is 0.128. The number of halogens is 1. The molecule has 3 aliphatic rings. The van der Waals surface area contributed by atoms with E-state index in [4.69, 9.17) is 4.74 Å². The minimum atomic E-state index is -0.436. The zero-order valence-electron chi connectivity index (χ0n) is 15.4. The lowest BCUT2D eigenvalue weighted by Gasteiger charge is -2.30. The summed E-state index contributed by atoms with van der Waals surface area (Å²) in [5.41, 5.74) is 1.65. The van der Waals surface area contributed by atoms with Gasteiger partial charge < -0.3 is 4.74 Å². The Balaban J connectivity index is 1.58. The predicted molar refractivity (Wildman–Crippen MR) is 108 cm³/mol. The van der Waals surface area contributed by atoms with Gasteiger partial charge in [0.05, 0.1) is 24.8 Å². The van der Waals surface area contributed by atoms with Crippen LogP contribution < -0.4 is 9.64 Å². The molecule has 0 bridgehead atoms.